The normalized spacial score (nSPS) is 8.67. The summed E-state index contributed by atoms with van der Waals surface area (Å²) in [6, 6.07) is 0. The average Bonchev–Trinajstić information content (AvgIpc) is 1.81. The largest absolute Gasteiger partial charge is 0.0654 e. The van der Waals surface area contributed by atoms with Crippen molar-refractivity contribution in [2.24, 2.45) is 0 Å². The molecule has 0 heterocycles. The van der Waals surface area contributed by atoms with Gasteiger partial charge in [-0.1, -0.05) is 52.4 Å². The predicted octanol–water partition coefficient (Wildman–Crippen LogP) is 2.99. The fraction of sp³-hybridized carbons (Fsp3) is 1.00. The van der Waals surface area contributed by atoms with Gasteiger partial charge in [0.25, 0.3) is 0 Å². The molecule has 0 aliphatic carbocycles. The van der Waals surface area contributed by atoms with Crippen LogP contribution in [0.1, 0.15) is 52.4 Å². The Morgan fingerprint density at radius 2 is 1.00 bits per heavy atom. The van der Waals surface area contributed by atoms with E-state index in [1.807, 2.05) is 0 Å². The molecule has 0 saturated carbocycles. The topological polar surface area (TPSA) is 0 Å². The summed E-state index contributed by atoms with van der Waals surface area (Å²) >= 11 is 0. The molecule has 0 nitrogen and oxygen atoms in total. The van der Waals surface area contributed by atoms with E-state index in [0.717, 1.165) is 0 Å². The Labute approximate surface area is 81.7 Å². The molecule has 9 heavy (non-hydrogen) atoms. The Morgan fingerprint density at radius 1 is 0.667 bits per heavy atom. The van der Waals surface area contributed by atoms with Gasteiger partial charge < -0.3 is 0 Å². The maximum absolute atomic E-state index is 2.26. The van der Waals surface area contributed by atoms with Crippen molar-refractivity contribution in [1.82, 2.24) is 0 Å². The van der Waals surface area contributed by atoms with Crippen LogP contribution in [0.15, 0.2) is 0 Å². The first-order valence-corrected chi connectivity index (χ1v) is 3.91. The molecule has 1 heteroatoms. The van der Waals surface area contributed by atoms with E-state index in [9.17, 15) is 0 Å². The summed E-state index contributed by atoms with van der Waals surface area (Å²) in [4.78, 5) is 0. The van der Waals surface area contributed by atoms with Crippen LogP contribution in [0.5, 0.6) is 0 Å². The van der Waals surface area contributed by atoms with Gasteiger partial charge >= 0.3 is 0 Å². The Morgan fingerprint density at radius 3 is 1.22 bits per heavy atom. The predicted molar refractivity (Wildman–Crippen MR) is 44.8 cm³/mol. The molecular formula is C8H18Na. The average molecular weight is 139 g/mol. The SMILES string of the molecule is CCCCCC[13CH2][13CH3].[Na]. The Hall–Kier alpha value is 1.00. The molecule has 0 aromatic carbocycles. The zero-order chi connectivity index (χ0) is 6.24. The quantitative estimate of drug-likeness (QED) is 0.312. The third kappa shape index (κ3) is 12.2. The van der Waals surface area contributed by atoms with Crippen LogP contribution < -0.4 is 0 Å². The number of rotatable bonds is 5. The molecule has 0 unspecified atom stereocenters. The smallest absolute Gasteiger partial charge is 0 e. The monoisotopic (exact) mass is 139 g/mol. The first kappa shape index (κ1) is 12.7. The molecule has 51 valence electrons. The summed E-state index contributed by atoms with van der Waals surface area (Å²) in [6.07, 6.45) is 8.49. The summed E-state index contributed by atoms with van der Waals surface area (Å²) in [6.45, 7) is 4.51. The molecule has 0 atom stereocenters. The second kappa shape index (κ2) is 11.8. The standard InChI is InChI=1S/C8H18.Na/c1-3-5-7-8-6-4-2;/h3-8H2,1-2H3;/i1+1,3+1;. The van der Waals surface area contributed by atoms with E-state index in [1.165, 1.54) is 38.5 Å². The maximum atomic E-state index is 2.26. The van der Waals surface area contributed by atoms with Crippen molar-refractivity contribution in [1.29, 1.82) is 0 Å². The van der Waals surface area contributed by atoms with Crippen molar-refractivity contribution in [2.45, 2.75) is 52.4 Å². The molecule has 1 radical (unpaired) electrons. The van der Waals surface area contributed by atoms with Crippen molar-refractivity contribution in [2.75, 3.05) is 0 Å². The van der Waals surface area contributed by atoms with Crippen molar-refractivity contribution in [3.63, 3.8) is 0 Å². The number of hydrogen-bond acceptors (Lipinski definition) is 0. The van der Waals surface area contributed by atoms with Gasteiger partial charge in [0, 0.05) is 29.6 Å². The Balaban J connectivity index is 0. The van der Waals surface area contributed by atoms with Crippen LogP contribution in [-0.4, -0.2) is 29.6 Å². The minimum absolute atomic E-state index is 0. The second-order valence-corrected chi connectivity index (χ2v) is 2.41. The molecule has 0 aliphatic rings. The molecule has 0 amide bonds. The molecule has 0 bridgehead atoms. The minimum atomic E-state index is 0. The molecule has 0 aromatic heterocycles. The van der Waals surface area contributed by atoms with Gasteiger partial charge in [0.1, 0.15) is 0 Å². The third-order valence-corrected chi connectivity index (χ3v) is 1.46. The van der Waals surface area contributed by atoms with E-state index in [2.05, 4.69) is 13.8 Å². The summed E-state index contributed by atoms with van der Waals surface area (Å²) in [5.74, 6) is 0. The van der Waals surface area contributed by atoms with Gasteiger partial charge in [0.15, 0.2) is 0 Å². The minimum Gasteiger partial charge on any atom is -0.0654 e. The molecule has 0 saturated heterocycles. The van der Waals surface area contributed by atoms with Crippen molar-refractivity contribution >= 4 is 29.6 Å². The van der Waals surface area contributed by atoms with Crippen molar-refractivity contribution < 1.29 is 0 Å². The fourth-order valence-electron chi connectivity index (χ4n) is 0.854. The summed E-state index contributed by atoms with van der Waals surface area (Å²) in [5.41, 5.74) is 0. The molecule has 0 spiro atoms. The van der Waals surface area contributed by atoms with Crippen LogP contribution in [0.4, 0.5) is 0 Å². The molecule has 0 N–H and O–H groups in total. The van der Waals surface area contributed by atoms with Crippen molar-refractivity contribution in [3.05, 3.63) is 0 Å². The number of unbranched alkanes of at least 4 members (excludes halogenated alkanes) is 5. The van der Waals surface area contributed by atoms with Crippen molar-refractivity contribution in [3.8, 4) is 0 Å². The first-order chi connectivity index (χ1) is 3.91. The maximum Gasteiger partial charge on any atom is 0 e. The first-order valence-electron chi connectivity index (χ1n) is 3.91. The summed E-state index contributed by atoms with van der Waals surface area (Å²) < 4.78 is 0. The van der Waals surface area contributed by atoms with E-state index >= 15 is 0 Å². The van der Waals surface area contributed by atoms with E-state index in [-0.39, 0.29) is 29.6 Å². The zero-order valence-corrected chi connectivity index (χ0v) is 9.24. The van der Waals surface area contributed by atoms with E-state index in [1.54, 1.807) is 0 Å². The molecule has 0 aromatic rings. The van der Waals surface area contributed by atoms with E-state index in [0.29, 0.717) is 0 Å². The van der Waals surface area contributed by atoms with E-state index < -0.39 is 0 Å². The van der Waals surface area contributed by atoms with Crippen LogP contribution in [0.2, 0.25) is 0 Å². The Kier molecular flexibility index (Phi) is 16.5. The molecule has 0 aliphatic heterocycles. The van der Waals surface area contributed by atoms with Gasteiger partial charge in [-0.25, -0.2) is 0 Å². The summed E-state index contributed by atoms with van der Waals surface area (Å²) in [7, 11) is 0. The number of hydrogen-bond donors (Lipinski definition) is 0. The fourth-order valence-corrected chi connectivity index (χ4v) is 0.854. The van der Waals surface area contributed by atoms with Crippen LogP contribution in [-0.2, 0) is 0 Å². The molecule has 0 rings (SSSR count). The second-order valence-electron chi connectivity index (χ2n) is 2.41. The van der Waals surface area contributed by atoms with Crippen LogP contribution >= 0.6 is 0 Å². The van der Waals surface area contributed by atoms with Gasteiger partial charge in [-0.3, -0.25) is 0 Å². The molecule has 0 fully saturated rings. The zero-order valence-electron chi connectivity index (χ0n) is 7.24. The van der Waals surface area contributed by atoms with Gasteiger partial charge in [-0.05, 0) is 0 Å². The van der Waals surface area contributed by atoms with Crippen LogP contribution in [0, 0.1) is 0 Å². The van der Waals surface area contributed by atoms with Crippen LogP contribution in [0.3, 0.4) is 0 Å². The van der Waals surface area contributed by atoms with E-state index in [4.69, 9.17) is 0 Å². The van der Waals surface area contributed by atoms with Crippen LogP contribution in [0.25, 0.3) is 0 Å². The van der Waals surface area contributed by atoms with Gasteiger partial charge in [0.05, 0.1) is 0 Å². The van der Waals surface area contributed by atoms with Gasteiger partial charge in [0.2, 0.25) is 0 Å². The molecular weight excluding hydrogens is 121 g/mol. The van der Waals surface area contributed by atoms with Gasteiger partial charge in [-0.2, -0.15) is 0 Å². The Bertz CT molecular complexity index is 29.5. The third-order valence-electron chi connectivity index (χ3n) is 1.46. The van der Waals surface area contributed by atoms with Gasteiger partial charge in [-0.15, -0.1) is 0 Å². The summed E-state index contributed by atoms with van der Waals surface area (Å²) in [5, 5.41) is 0.